The third-order valence-electron chi connectivity index (χ3n) is 6.58. The van der Waals surface area contributed by atoms with E-state index >= 15 is 0 Å². The van der Waals surface area contributed by atoms with Gasteiger partial charge in [-0.05, 0) is 30.9 Å². The van der Waals surface area contributed by atoms with Gasteiger partial charge in [-0.25, -0.2) is 0 Å². The van der Waals surface area contributed by atoms with E-state index in [1.54, 1.807) is 6.07 Å². The number of nitrogens with zero attached hydrogens (tertiary/aromatic N) is 6. The quantitative estimate of drug-likeness (QED) is 0.512. The van der Waals surface area contributed by atoms with E-state index in [1.165, 1.54) is 27.7 Å². The van der Waals surface area contributed by atoms with Crippen molar-refractivity contribution < 1.29 is 17.9 Å². The van der Waals surface area contributed by atoms with Crippen molar-refractivity contribution in [2.45, 2.75) is 51.2 Å². The Morgan fingerprint density at radius 1 is 1.25 bits per heavy atom. The second-order valence-corrected chi connectivity index (χ2v) is 9.16. The number of nitriles is 1. The molecular weight excluding hydrogens is 497 g/mol. The number of hydrogen-bond acceptors (Lipinski definition) is 6. The van der Waals surface area contributed by atoms with Crippen LogP contribution >= 0.6 is 11.6 Å². The summed E-state index contributed by atoms with van der Waals surface area (Å²) in [5.74, 6) is 0. The molecule has 3 aromatic rings. The molecule has 0 radical (unpaired) electrons. The van der Waals surface area contributed by atoms with Crippen LogP contribution in [0.2, 0.25) is 5.02 Å². The molecule has 1 fully saturated rings. The van der Waals surface area contributed by atoms with Crippen LogP contribution < -0.4 is 10.5 Å². The first-order valence-electron chi connectivity index (χ1n) is 11.6. The van der Waals surface area contributed by atoms with Crippen molar-refractivity contribution in [2.24, 2.45) is 0 Å². The third-order valence-corrected chi connectivity index (χ3v) is 6.93. The number of alkyl halides is 3. The number of hydrogen-bond donors (Lipinski definition) is 0. The van der Waals surface area contributed by atoms with E-state index in [0.29, 0.717) is 42.9 Å². The number of halogens is 4. The highest BCUT2D eigenvalue weighted by atomic mass is 35.5. The zero-order chi connectivity index (χ0) is 25.4. The summed E-state index contributed by atoms with van der Waals surface area (Å²) in [6.45, 7) is 1.10. The monoisotopic (exact) mass is 518 g/mol. The van der Waals surface area contributed by atoms with Gasteiger partial charge in [-0.3, -0.25) is 9.48 Å². The average molecular weight is 519 g/mol. The fourth-order valence-electron chi connectivity index (χ4n) is 4.79. The Balaban J connectivity index is 1.44. The zero-order valence-electron chi connectivity index (χ0n) is 19.1. The molecule has 1 atom stereocenters. The first-order chi connectivity index (χ1) is 17.3. The van der Waals surface area contributed by atoms with Crippen molar-refractivity contribution in [2.75, 3.05) is 18.1 Å². The van der Waals surface area contributed by atoms with Crippen molar-refractivity contribution in [3.05, 3.63) is 73.9 Å². The van der Waals surface area contributed by atoms with Gasteiger partial charge >= 0.3 is 6.18 Å². The molecule has 1 saturated heterocycles. The van der Waals surface area contributed by atoms with Crippen LogP contribution in [-0.4, -0.2) is 32.7 Å². The van der Waals surface area contributed by atoms with E-state index in [-0.39, 0.29) is 29.4 Å². The molecule has 0 amide bonds. The lowest BCUT2D eigenvalue weighted by Gasteiger charge is -2.30. The molecule has 12 heteroatoms. The largest absolute Gasteiger partial charge is 0.416 e. The van der Waals surface area contributed by atoms with E-state index in [9.17, 15) is 23.2 Å². The van der Waals surface area contributed by atoms with E-state index in [1.807, 2.05) is 11.0 Å². The van der Waals surface area contributed by atoms with Gasteiger partial charge in [-0.15, -0.1) is 0 Å². The fraction of sp³-hybridized carbons (Fsp3) is 0.417. The van der Waals surface area contributed by atoms with Crippen molar-refractivity contribution >= 4 is 17.3 Å². The molecule has 0 spiro atoms. The van der Waals surface area contributed by atoms with Crippen LogP contribution in [0.4, 0.5) is 18.9 Å². The summed E-state index contributed by atoms with van der Waals surface area (Å²) in [7, 11) is 0. The fourth-order valence-corrected chi connectivity index (χ4v) is 5.05. The van der Waals surface area contributed by atoms with Gasteiger partial charge in [-0.2, -0.15) is 33.3 Å². The Labute approximate surface area is 209 Å². The topological polar surface area (TPSA) is 89.0 Å². The van der Waals surface area contributed by atoms with E-state index < -0.39 is 23.5 Å². The molecule has 36 heavy (non-hydrogen) atoms. The number of fused-ring (bicyclic) bond motifs is 1. The lowest BCUT2D eigenvalue weighted by molar-refractivity contribution is -0.138. The van der Waals surface area contributed by atoms with Crippen LogP contribution in [0.25, 0.3) is 0 Å². The number of rotatable bonds is 4. The number of ether oxygens (including phenoxy) is 1. The summed E-state index contributed by atoms with van der Waals surface area (Å²) >= 11 is 6.46. The molecule has 0 saturated carbocycles. The number of aromatic nitrogens is 4. The Kier molecular flexibility index (Phi) is 6.49. The molecule has 0 bridgehead atoms. The predicted octanol–water partition coefficient (Wildman–Crippen LogP) is 4.29. The van der Waals surface area contributed by atoms with Crippen LogP contribution in [0.15, 0.2) is 35.3 Å². The third kappa shape index (κ3) is 4.47. The molecule has 0 N–H and O–H groups in total. The number of anilines is 1. The van der Waals surface area contributed by atoms with Gasteiger partial charge in [0.05, 0.1) is 24.0 Å². The molecular formula is C24H22ClF3N6O2. The van der Waals surface area contributed by atoms with E-state index in [4.69, 9.17) is 16.3 Å². The molecule has 8 nitrogen and oxygen atoms in total. The maximum atomic E-state index is 13.5. The zero-order valence-corrected chi connectivity index (χ0v) is 19.9. The van der Waals surface area contributed by atoms with Gasteiger partial charge in [-0.1, -0.05) is 29.8 Å². The SMILES string of the molecule is N#Cc1nn(Cc2ccccc2C(F)(F)F)c2c1CN(c1cnn(C3CCCCO3)c(=O)c1Cl)CC2. The van der Waals surface area contributed by atoms with Gasteiger partial charge in [0.15, 0.2) is 11.9 Å². The minimum absolute atomic E-state index is 0.00706. The van der Waals surface area contributed by atoms with Gasteiger partial charge in [0.25, 0.3) is 5.56 Å². The van der Waals surface area contributed by atoms with Crippen LogP contribution in [0.3, 0.4) is 0 Å². The minimum Gasteiger partial charge on any atom is -0.364 e. The van der Waals surface area contributed by atoms with Crippen molar-refractivity contribution in [1.29, 1.82) is 5.26 Å². The molecule has 0 aliphatic carbocycles. The van der Waals surface area contributed by atoms with Crippen LogP contribution in [-0.2, 0) is 30.4 Å². The average Bonchev–Trinajstić information content (AvgIpc) is 3.22. The van der Waals surface area contributed by atoms with E-state index in [2.05, 4.69) is 10.2 Å². The lowest BCUT2D eigenvalue weighted by atomic mass is 10.0. The van der Waals surface area contributed by atoms with Crippen molar-refractivity contribution in [3.63, 3.8) is 0 Å². The summed E-state index contributed by atoms with van der Waals surface area (Å²) in [5, 5.41) is 18.3. The van der Waals surface area contributed by atoms with Gasteiger partial charge in [0, 0.05) is 37.4 Å². The summed E-state index contributed by atoms with van der Waals surface area (Å²) in [5.41, 5.74) is 0.739. The molecule has 1 unspecified atom stereocenters. The predicted molar refractivity (Wildman–Crippen MR) is 125 cm³/mol. The normalized spacial score (nSPS) is 18.1. The highest BCUT2D eigenvalue weighted by molar-refractivity contribution is 6.33. The molecule has 2 aromatic heterocycles. The summed E-state index contributed by atoms with van der Waals surface area (Å²) in [4.78, 5) is 14.8. The standard InChI is InChI=1S/C24H22ClF3N6O2/c25-22-20(12-30-34(23(22)35)21-7-3-4-10-36-21)32-9-8-19-16(14-32)18(11-29)31-33(19)13-15-5-1-2-6-17(15)24(26,27)28/h1-2,5-6,12,21H,3-4,7-10,13-14H2. The highest BCUT2D eigenvalue weighted by Crippen LogP contribution is 2.34. The maximum Gasteiger partial charge on any atom is 0.416 e. The highest BCUT2D eigenvalue weighted by Gasteiger charge is 2.34. The molecule has 2 aliphatic heterocycles. The Morgan fingerprint density at radius 3 is 2.78 bits per heavy atom. The Bertz CT molecular complexity index is 1390. The first kappa shape index (κ1) is 24.3. The first-order valence-corrected chi connectivity index (χ1v) is 11.9. The van der Waals surface area contributed by atoms with Gasteiger partial charge in [0.2, 0.25) is 0 Å². The summed E-state index contributed by atoms with van der Waals surface area (Å²) < 4.78 is 48.8. The molecule has 4 heterocycles. The van der Waals surface area contributed by atoms with Crippen LogP contribution in [0.1, 0.15) is 53.6 Å². The molecule has 5 rings (SSSR count). The van der Waals surface area contributed by atoms with Crippen molar-refractivity contribution in [3.8, 4) is 6.07 Å². The van der Waals surface area contributed by atoms with E-state index in [0.717, 1.165) is 18.9 Å². The molecule has 1 aromatic carbocycles. The Morgan fingerprint density at radius 2 is 2.06 bits per heavy atom. The minimum atomic E-state index is -4.49. The van der Waals surface area contributed by atoms with Crippen LogP contribution in [0, 0.1) is 11.3 Å². The second-order valence-electron chi connectivity index (χ2n) is 8.78. The number of benzene rings is 1. The maximum absolute atomic E-state index is 13.5. The smallest absolute Gasteiger partial charge is 0.364 e. The van der Waals surface area contributed by atoms with Crippen LogP contribution in [0.5, 0.6) is 0 Å². The lowest BCUT2D eigenvalue weighted by Crippen LogP contribution is -2.36. The molecule has 188 valence electrons. The van der Waals surface area contributed by atoms with Crippen molar-refractivity contribution in [1.82, 2.24) is 19.6 Å². The summed E-state index contributed by atoms with van der Waals surface area (Å²) in [6, 6.07) is 7.38. The summed E-state index contributed by atoms with van der Waals surface area (Å²) in [6.07, 6.45) is -0.477. The second kappa shape index (κ2) is 9.59. The molecule has 2 aliphatic rings. The van der Waals surface area contributed by atoms with Gasteiger partial charge < -0.3 is 9.64 Å². The Hall–Kier alpha value is -3.36. The van der Waals surface area contributed by atoms with Gasteiger partial charge in [0.1, 0.15) is 11.1 Å².